The molecule has 2 aliphatic heterocycles. The Labute approximate surface area is 265 Å². The minimum absolute atomic E-state index is 0.279. The van der Waals surface area contributed by atoms with Gasteiger partial charge in [-0.05, 0) is 96.1 Å². The number of nitrogens with zero attached hydrogens (tertiary/aromatic N) is 2. The van der Waals surface area contributed by atoms with Crippen molar-refractivity contribution in [3.63, 3.8) is 0 Å². The minimum atomic E-state index is -0.488. The van der Waals surface area contributed by atoms with Gasteiger partial charge in [0.15, 0.2) is 0 Å². The van der Waals surface area contributed by atoms with Crippen molar-refractivity contribution < 1.29 is 19.2 Å². The molecule has 6 nitrogen and oxygen atoms in total. The van der Waals surface area contributed by atoms with Crippen molar-refractivity contribution in [2.75, 3.05) is 9.80 Å². The number of carbonyl (C=O) groups excluding carboxylic acids is 4. The standard InChI is InChI=1S/C40H28N2O4/c1-21-9-7-10-22(2)35(21)41-37(43)28-17-18-29-33-32(28)31(39(41)45)20-30(27-16-15-25-13-5-6-14-26(25)19-27)34(33)40(46)42(38(29)44)36-23(3)11-8-12-24(36)4/h5-20H,1-4H3. The molecule has 0 saturated heterocycles. The van der Waals surface area contributed by atoms with Gasteiger partial charge in [-0.3, -0.25) is 19.2 Å². The lowest BCUT2D eigenvalue weighted by Gasteiger charge is -2.34. The van der Waals surface area contributed by atoms with E-state index in [0.29, 0.717) is 33.3 Å². The van der Waals surface area contributed by atoms with Gasteiger partial charge in [0.05, 0.1) is 16.9 Å². The van der Waals surface area contributed by atoms with E-state index in [2.05, 4.69) is 0 Å². The zero-order valence-corrected chi connectivity index (χ0v) is 25.8. The van der Waals surface area contributed by atoms with Crippen LogP contribution >= 0.6 is 0 Å². The molecule has 0 N–H and O–H groups in total. The molecular formula is C40H28N2O4. The van der Waals surface area contributed by atoms with Crippen LogP contribution in [0.5, 0.6) is 0 Å². The lowest BCUT2D eigenvalue weighted by atomic mass is 9.81. The van der Waals surface area contributed by atoms with Gasteiger partial charge < -0.3 is 0 Å². The third-order valence-electron chi connectivity index (χ3n) is 9.39. The fraction of sp³-hybridized carbons (Fsp3) is 0.100. The van der Waals surface area contributed by atoms with Gasteiger partial charge in [-0.2, -0.15) is 0 Å². The maximum absolute atomic E-state index is 14.8. The highest BCUT2D eigenvalue weighted by molar-refractivity contribution is 6.43. The predicted octanol–water partition coefficient (Wildman–Crippen LogP) is 8.49. The van der Waals surface area contributed by atoms with Gasteiger partial charge in [-0.1, -0.05) is 72.8 Å². The average molecular weight is 601 g/mol. The zero-order chi connectivity index (χ0) is 32.0. The van der Waals surface area contributed by atoms with Crippen molar-refractivity contribution in [3.05, 3.63) is 142 Å². The Morgan fingerprint density at radius 3 is 1.50 bits per heavy atom. The van der Waals surface area contributed by atoms with Crippen molar-refractivity contribution in [1.82, 2.24) is 0 Å². The fourth-order valence-electron chi connectivity index (χ4n) is 7.28. The van der Waals surface area contributed by atoms with Crippen molar-refractivity contribution >= 4 is 56.5 Å². The molecular weight excluding hydrogens is 572 g/mol. The molecule has 0 aromatic heterocycles. The molecule has 46 heavy (non-hydrogen) atoms. The summed E-state index contributed by atoms with van der Waals surface area (Å²) in [6.45, 7) is 7.50. The van der Waals surface area contributed by atoms with E-state index in [1.54, 1.807) is 18.2 Å². The molecule has 0 saturated carbocycles. The number of anilines is 2. The van der Waals surface area contributed by atoms with Gasteiger partial charge in [0.25, 0.3) is 23.6 Å². The van der Waals surface area contributed by atoms with Crippen LogP contribution in [0.25, 0.3) is 32.7 Å². The predicted molar refractivity (Wildman–Crippen MR) is 181 cm³/mol. The molecule has 0 unspecified atom stereocenters. The zero-order valence-electron chi connectivity index (χ0n) is 25.8. The van der Waals surface area contributed by atoms with Crippen molar-refractivity contribution in [2.24, 2.45) is 0 Å². The maximum atomic E-state index is 14.8. The summed E-state index contributed by atoms with van der Waals surface area (Å²) in [6.07, 6.45) is 0. The number of fused-ring (bicyclic) bond motifs is 1. The first-order valence-corrected chi connectivity index (χ1v) is 15.2. The summed E-state index contributed by atoms with van der Waals surface area (Å²) in [4.78, 5) is 60.3. The third-order valence-corrected chi connectivity index (χ3v) is 9.39. The highest BCUT2D eigenvalue weighted by atomic mass is 16.2. The molecule has 4 amide bonds. The molecule has 6 heteroatoms. The Kier molecular flexibility index (Phi) is 5.90. The summed E-state index contributed by atoms with van der Waals surface area (Å²) in [5.74, 6) is -1.94. The topological polar surface area (TPSA) is 74.8 Å². The van der Waals surface area contributed by atoms with Crippen LogP contribution in [-0.2, 0) is 0 Å². The van der Waals surface area contributed by atoms with Gasteiger partial charge in [-0.15, -0.1) is 0 Å². The van der Waals surface area contributed by atoms with Crippen LogP contribution in [0.1, 0.15) is 63.7 Å². The number of rotatable bonds is 3. The van der Waals surface area contributed by atoms with Crippen LogP contribution in [0.15, 0.2) is 97.1 Å². The van der Waals surface area contributed by atoms with Crippen LogP contribution in [-0.4, -0.2) is 23.6 Å². The van der Waals surface area contributed by atoms with Crippen molar-refractivity contribution in [3.8, 4) is 11.1 Å². The lowest BCUT2D eigenvalue weighted by Crippen LogP contribution is -2.44. The SMILES string of the molecule is Cc1cccc(C)c1N1C(=O)c2ccc3c4c(c(-c5ccc6ccccc6c5)cc(c24)C1=O)C(=O)N(c1c(C)cccc1C)C3=O. The van der Waals surface area contributed by atoms with E-state index in [1.807, 2.05) is 107 Å². The van der Waals surface area contributed by atoms with E-state index in [-0.39, 0.29) is 16.7 Å². The fourth-order valence-corrected chi connectivity index (χ4v) is 7.28. The number of hydrogen-bond acceptors (Lipinski definition) is 4. The first-order valence-electron chi connectivity index (χ1n) is 15.2. The largest absolute Gasteiger partial charge is 0.268 e. The Bertz CT molecular complexity index is 2360. The summed E-state index contributed by atoms with van der Waals surface area (Å²) < 4.78 is 0. The molecule has 2 heterocycles. The molecule has 0 fully saturated rings. The number of imide groups is 2. The first-order chi connectivity index (χ1) is 22.2. The maximum Gasteiger partial charge on any atom is 0.266 e. The summed E-state index contributed by atoms with van der Waals surface area (Å²) in [5.41, 5.74) is 6.64. The summed E-state index contributed by atoms with van der Waals surface area (Å²) in [5, 5.41) is 2.70. The second-order valence-corrected chi connectivity index (χ2v) is 12.2. The number of benzene rings is 6. The molecule has 0 aliphatic carbocycles. The highest BCUT2D eigenvalue weighted by Gasteiger charge is 2.43. The van der Waals surface area contributed by atoms with Gasteiger partial charge >= 0.3 is 0 Å². The summed E-state index contributed by atoms with van der Waals surface area (Å²) in [7, 11) is 0. The molecule has 0 atom stereocenters. The molecule has 0 bridgehead atoms. The smallest absolute Gasteiger partial charge is 0.266 e. The molecule has 6 aromatic carbocycles. The lowest BCUT2D eigenvalue weighted by molar-refractivity contribution is 0.0873. The van der Waals surface area contributed by atoms with Crippen molar-refractivity contribution in [1.29, 1.82) is 0 Å². The van der Waals surface area contributed by atoms with Crippen LogP contribution in [0, 0.1) is 27.7 Å². The van der Waals surface area contributed by atoms with Crippen molar-refractivity contribution in [2.45, 2.75) is 27.7 Å². The van der Waals surface area contributed by atoms with Gasteiger partial charge in [0.1, 0.15) is 0 Å². The highest BCUT2D eigenvalue weighted by Crippen LogP contribution is 2.45. The minimum Gasteiger partial charge on any atom is -0.268 e. The molecule has 8 rings (SSSR count). The quantitative estimate of drug-likeness (QED) is 0.191. The Morgan fingerprint density at radius 2 is 0.913 bits per heavy atom. The second-order valence-electron chi connectivity index (χ2n) is 12.2. The van der Waals surface area contributed by atoms with E-state index >= 15 is 0 Å². The number of para-hydroxylation sites is 2. The van der Waals surface area contributed by atoms with Crippen LogP contribution in [0.3, 0.4) is 0 Å². The van der Waals surface area contributed by atoms with Crippen LogP contribution < -0.4 is 9.80 Å². The molecule has 0 radical (unpaired) electrons. The first kappa shape index (κ1) is 27.7. The Hall–Kier alpha value is -5.88. The Morgan fingerprint density at radius 1 is 0.413 bits per heavy atom. The van der Waals surface area contributed by atoms with Gasteiger partial charge in [0.2, 0.25) is 0 Å². The van der Waals surface area contributed by atoms with E-state index in [0.717, 1.165) is 38.6 Å². The van der Waals surface area contributed by atoms with E-state index < -0.39 is 23.6 Å². The van der Waals surface area contributed by atoms with Gasteiger partial charge in [-0.25, -0.2) is 9.80 Å². The third kappa shape index (κ3) is 3.70. The molecule has 6 aromatic rings. The average Bonchev–Trinajstić information content (AvgIpc) is 3.04. The van der Waals surface area contributed by atoms with E-state index in [4.69, 9.17) is 0 Å². The normalized spacial score (nSPS) is 14.2. The number of amides is 4. The number of aryl methyl sites for hydroxylation is 4. The number of hydrogen-bond donors (Lipinski definition) is 0. The summed E-state index contributed by atoms with van der Waals surface area (Å²) >= 11 is 0. The molecule has 0 spiro atoms. The molecule has 222 valence electrons. The van der Waals surface area contributed by atoms with Gasteiger partial charge in [0, 0.05) is 27.5 Å². The van der Waals surface area contributed by atoms with E-state index in [1.165, 1.54) is 9.80 Å². The monoisotopic (exact) mass is 600 g/mol. The van der Waals surface area contributed by atoms with Crippen LogP contribution in [0.2, 0.25) is 0 Å². The van der Waals surface area contributed by atoms with E-state index in [9.17, 15) is 19.2 Å². The Balaban J connectivity index is 1.48. The van der Waals surface area contributed by atoms with Crippen LogP contribution in [0.4, 0.5) is 11.4 Å². The number of carbonyl (C=O) groups is 4. The summed E-state index contributed by atoms with van der Waals surface area (Å²) in [6, 6.07) is 30.1. The molecule has 2 aliphatic rings. The second kappa shape index (κ2) is 9.81.